The van der Waals surface area contributed by atoms with Crippen LogP contribution in [0.1, 0.15) is 26.3 Å². The minimum Gasteiger partial charge on any atom is -0.496 e. The average molecular weight is 329 g/mol. The molecule has 0 saturated heterocycles. The lowest BCUT2D eigenvalue weighted by Crippen LogP contribution is -2.28. The van der Waals surface area contributed by atoms with Crippen LogP contribution >= 0.6 is 0 Å². The van der Waals surface area contributed by atoms with Crippen molar-refractivity contribution in [3.05, 3.63) is 46.7 Å². The van der Waals surface area contributed by atoms with E-state index in [0.717, 1.165) is 5.56 Å². The van der Waals surface area contributed by atoms with Gasteiger partial charge in [0.15, 0.2) is 0 Å². The predicted molar refractivity (Wildman–Crippen MR) is 92.2 cm³/mol. The fraction of sp³-hybridized carbons (Fsp3) is 0.368. The van der Waals surface area contributed by atoms with Crippen LogP contribution in [0.25, 0.3) is 6.08 Å². The smallest absolute Gasteiger partial charge is 0.340 e. The zero-order valence-electron chi connectivity index (χ0n) is 14.8. The second kappa shape index (κ2) is 7.34. The molecule has 0 fully saturated rings. The molecule has 0 unspecified atom stereocenters. The minimum absolute atomic E-state index is 0.187. The summed E-state index contributed by atoms with van der Waals surface area (Å²) in [5.41, 5.74) is 2.02. The number of esters is 1. The third-order valence-corrected chi connectivity index (χ3v) is 3.89. The fourth-order valence-corrected chi connectivity index (χ4v) is 2.75. The first-order valence-electron chi connectivity index (χ1n) is 7.86. The molecule has 1 aromatic carbocycles. The summed E-state index contributed by atoms with van der Waals surface area (Å²) in [4.78, 5) is 26.7. The van der Waals surface area contributed by atoms with E-state index < -0.39 is 5.97 Å². The Hall–Kier alpha value is -2.56. The molecule has 2 rings (SSSR count). The van der Waals surface area contributed by atoms with Crippen molar-refractivity contribution in [3.8, 4) is 5.75 Å². The first-order chi connectivity index (χ1) is 11.4. The monoisotopic (exact) mass is 329 g/mol. The van der Waals surface area contributed by atoms with E-state index in [1.54, 1.807) is 25.0 Å². The molecular formula is C19H23NO4. The molecule has 5 heteroatoms. The Balaban J connectivity index is 2.56. The lowest BCUT2D eigenvalue weighted by Gasteiger charge is -2.19. The zero-order chi connectivity index (χ0) is 17.9. The van der Waals surface area contributed by atoms with Crippen molar-refractivity contribution in [2.45, 2.75) is 20.8 Å². The Labute approximate surface area is 142 Å². The van der Waals surface area contributed by atoms with Crippen LogP contribution in [0.4, 0.5) is 0 Å². The molecule has 1 amide bonds. The Morgan fingerprint density at radius 2 is 1.92 bits per heavy atom. The summed E-state index contributed by atoms with van der Waals surface area (Å²) in [6.07, 6.45) is 1.69. The number of nitrogens with zero attached hydrogens (tertiary/aromatic N) is 1. The van der Waals surface area contributed by atoms with Crippen LogP contribution in [0.5, 0.6) is 5.75 Å². The van der Waals surface area contributed by atoms with Crippen LogP contribution in [-0.2, 0) is 14.3 Å². The van der Waals surface area contributed by atoms with Crippen molar-refractivity contribution in [1.29, 1.82) is 0 Å². The van der Waals surface area contributed by atoms with Gasteiger partial charge in [0.1, 0.15) is 5.75 Å². The summed E-state index contributed by atoms with van der Waals surface area (Å²) >= 11 is 0. The summed E-state index contributed by atoms with van der Waals surface area (Å²) in [7, 11) is 2.89. The number of benzene rings is 1. The van der Waals surface area contributed by atoms with E-state index in [0.29, 0.717) is 29.1 Å². The summed E-state index contributed by atoms with van der Waals surface area (Å²) in [5, 5.41) is 0. The van der Waals surface area contributed by atoms with Gasteiger partial charge in [-0.25, -0.2) is 4.79 Å². The van der Waals surface area contributed by atoms with Crippen molar-refractivity contribution >= 4 is 18.0 Å². The number of allylic oxidation sites excluding steroid dienone is 1. The van der Waals surface area contributed by atoms with Gasteiger partial charge < -0.3 is 14.4 Å². The van der Waals surface area contributed by atoms with Crippen molar-refractivity contribution in [2.24, 2.45) is 5.92 Å². The van der Waals surface area contributed by atoms with Crippen molar-refractivity contribution in [2.75, 3.05) is 20.8 Å². The fourth-order valence-electron chi connectivity index (χ4n) is 2.75. The van der Waals surface area contributed by atoms with Crippen LogP contribution in [0.3, 0.4) is 0 Å². The number of amides is 1. The molecule has 128 valence electrons. The number of carbonyl (C=O) groups is 2. The third-order valence-electron chi connectivity index (χ3n) is 3.89. The van der Waals surface area contributed by atoms with Gasteiger partial charge >= 0.3 is 5.97 Å². The van der Waals surface area contributed by atoms with Crippen molar-refractivity contribution in [1.82, 2.24) is 4.90 Å². The highest BCUT2D eigenvalue weighted by Gasteiger charge is 2.37. The lowest BCUT2D eigenvalue weighted by molar-refractivity contribution is -0.136. The summed E-state index contributed by atoms with van der Waals surface area (Å²) < 4.78 is 10.2. The highest BCUT2D eigenvalue weighted by molar-refractivity contribution is 6.16. The van der Waals surface area contributed by atoms with E-state index in [-0.39, 0.29) is 11.8 Å². The first-order valence-corrected chi connectivity index (χ1v) is 7.86. The maximum atomic E-state index is 12.9. The molecule has 1 heterocycles. The molecule has 24 heavy (non-hydrogen) atoms. The number of carbonyl (C=O) groups excluding carboxylic acids is 2. The summed E-state index contributed by atoms with van der Waals surface area (Å²) in [6, 6.07) is 7.36. The highest BCUT2D eigenvalue weighted by Crippen LogP contribution is 2.33. The van der Waals surface area contributed by atoms with Gasteiger partial charge in [0.25, 0.3) is 5.91 Å². The van der Waals surface area contributed by atoms with Gasteiger partial charge in [-0.05, 0) is 25.0 Å². The molecule has 0 aliphatic carbocycles. The number of hydrogen-bond donors (Lipinski definition) is 0. The number of para-hydroxylation sites is 1. The van der Waals surface area contributed by atoms with Gasteiger partial charge in [0.2, 0.25) is 0 Å². The van der Waals surface area contributed by atoms with Gasteiger partial charge in [-0.2, -0.15) is 0 Å². The topological polar surface area (TPSA) is 55.8 Å². The van der Waals surface area contributed by atoms with Gasteiger partial charge in [-0.1, -0.05) is 32.0 Å². The number of rotatable bonds is 5. The van der Waals surface area contributed by atoms with E-state index >= 15 is 0 Å². The molecule has 5 nitrogen and oxygen atoms in total. The second-order valence-corrected chi connectivity index (χ2v) is 6.06. The molecule has 0 radical (unpaired) electrons. The lowest BCUT2D eigenvalue weighted by atomic mass is 10.0. The van der Waals surface area contributed by atoms with E-state index in [4.69, 9.17) is 9.47 Å². The standard InChI is InChI=1S/C19H23NO4/c1-12(2)11-20-13(3)17(19(22)24-5)15(18(20)21)10-14-8-6-7-9-16(14)23-4/h6-10,12H,11H2,1-5H3. The average Bonchev–Trinajstić information content (AvgIpc) is 2.79. The van der Waals surface area contributed by atoms with Crippen molar-refractivity contribution in [3.63, 3.8) is 0 Å². The normalized spacial score (nSPS) is 16.3. The predicted octanol–water partition coefficient (Wildman–Crippen LogP) is 3.02. The zero-order valence-corrected chi connectivity index (χ0v) is 14.8. The van der Waals surface area contributed by atoms with Gasteiger partial charge in [0, 0.05) is 17.8 Å². The van der Waals surface area contributed by atoms with Crippen LogP contribution < -0.4 is 4.74 Å². The molecule has 0 atom stereocenters. The van der Waals surface area contributed by atoms with E-state index in [1.807, 2.05) is 38.1 Å². The van der Waals surface area contributed by atoms with Crippen LogP contribution in [-0.4, -0.2) is 37.5 Å². The summed E-state index contributed by atoms with van der Waals surface area (Å²) in [5.74, 6) is 0.233. The molecule has 0 aromatic heterocycles. The maximum Gasteiger partial charge on any atom is 0.340 e. The molecule has 0 spiro atoms. The minimum atomic E-state index is -0.506. The molecule has 1 aromatic rings. The van der Waals surface area contributed by atoms with Crippen LogP contribution in [0.15, 0.2) is 41.1 Å². The highest BCUT2D eigenvalue weighted by atomic mass is 16.5. The van der Waals surface area contributed by atoms with E-state index in [9.17, 15) is 9.59 Å². The Bertz CT molecular complexity index is 716. The van der Waals surface area contributed by atoms with Crippen LogP contribution in [0, 0.1) is 5.92 Å². The quantitative estimate of drug-likeness (QED) is 0.615. The molecule has 0 N–H and O–H groups in total. The molecular weight excluding hydrogens is 306 g/mol. The molecule has 0 saturated carbocycles. The SMILES string of the molecule is COC(=O)C1=C(C)N(CC(C)C)C(=O)C1=Cc1ccccc1OC. The second-order valence-electron chi connectivity index (χ2n) is 6.06. The summed E-state index contributed by atoms with van der Waals surface area (Å²) in [6.45, 7) is 6.38. The van der Waals surface area contributed by atoms with Crippen LogP contribution in [0.2, 0.25) is 0 Å². The molecule has 1 aliphatic rings. The van der Waals surface area contributed by atoms with Gasteiger partial charge in [-0.15, -0.1) is 0 Å². The van der Waals surface area contributed by atoms with Gasteiger partial charge in [-0.3, -0.25) is 4.79 Å². The van der Waals surface area contributed by atoms with E-state index in [1.165, 1.54) is 7.11 Å². The first kappa shape index (κ1) is 17.8. The largest absolute Gasteiger partial charge is 0.496 e. The van der Waals surface area contributed by atoms with Crippen molar-refractivity contribution < 1.29 is 19.1 Å². The Morgan fingerprint density at radius 3 is 2.50 bits per heavy atom. The van der Waals surface area contributed by atoms with Gasteiger partial charge in [0.05, 0.1) is 25.4 Å². The molecule has 1 aliphatic heterocycles. The number of ether oxygens (including phenoxy) is 2. The van der Waals surface area contributed by atoms with E-state index in [2.05, 4.69) is 0 Å². The molecule has 0 bridgehead atoms. The number of methoxy groups -OCH3 is 2. The Kier molecular flexibility index (Phi) is 5.44. The Morgan fingerprint density at radius 1 is 1.25 bits per heavy atom. The third kappa shape index (κ3) is 3.35. The maximum absolute atomic E-state index is 12.9. The number of hydrogen-bond acceptors (Lipinski definition) is 4.